The molecule has 1 aromatic carbocycles. The number of rotatable bonds is 6. The van der Waals surface area contributed by atoms with Crippen molar-refractivity contribution >= 4 is 15.9 Å². The summed E-state index contributed by atoms with van der Waals surface area (Å²) >= 11 is 0. The highest BCUT2D eigenvalue weighted by atomic mass is 32.2. The maximum atomic E-state index is 12.8. The van der Waals surface area contributed by atoms with Crippen molar-refractivity contribution in [3.8, 4) is 0 Å². The summed E-state index contributed by atoms with van der Waals surface area (Å²) in [5, 5.41) is 0. The second-order valence-corrected chi connectivity index (χ2v) is 6.81. The molecule has 7 heteroatoms. The lowest BCUT2D eigenvalue weighted by atomic mass is 10.2. The Morgan fingerprint density at radius 3 is 2.38 bits per heavy atom. The van der Waals surface area contributed by atoms with E-state index in [0.717, 1.165) is 12.0 Å². The number of hydrogen-bond donors (Lipinski definition) is 1. The number of anilines is 1. The van der Waals surface area contributed by atoms with Crippen LogP contribution in [-0.2, 0) is 21.5 Å². The average Bonchev–Trinajstić information content (AvgIpc) is 2.53. The first-order valence-electron chi connectivity index (χ1n) is 7.24. The van der Waals surface area contributed by atoms with Crippen LogP contribution >= 0.6 is 0 Å². The van der Waals surface area contributed by atoms with Gasteiger partial charge in [0.1, 0.15) is 0 Å². The predicted octanol–water partition coefficient (Wildman–Crippen LogP) is 0.939. The standard InChI is InChI=1S/C14H23N3O3S/c1-2-7-17(14-5-3-13(12-15)4-6-14)21(18,19)16-8-10-20-11-9-16/h3-6H,2,7-12,15H2,1H3. The van der Waals surface area contributed by atoms with Crippen LogP contribution in [0.15, 0.2) is 24.3 Å². The van der Waals surface area contributed by atoms with Crippen molar-refractivity contribution in [1.82, 2.24) is 4.31 Å². The van der Waals surface area contributed by atoms with Crippen LogP contribution in [-0.4, -0.2) is 45.6 Å². The lowest BCUT2D eigenvalue weighted by Gasteiger charge is -2.33. The molecule has 1 aromatic rings. The molecule has 2 rings (SSSR count). The Balaban J connectivity index is 2.27. The summed E-state index contributed by atoms with van der Waals surface area (Å²) in [4.78, 5) is 0. The Hall–Kier alpha value is -1.15. The van der Waals surface area contributed by atoms with Crippen molar-refractivity contribution in [1.29, 1.82) is 0 Å². The molecule has 1 saturated heterocycles. The summed E-state index contributed by atoms with van der Waals surface area (Å²) in [5.74, 6) is 0. The molecule has 0 unspecified atom stereocenters. The van der Waals surface area contributed by atoms with Crippen LogP contribution in [0.4, 0.5) is 5.69 Å². The van der Waals surface area contributed by atoms with Crippen molar-refractivity contribution < 1.29 is 13.2 Å². The van der Waals surface area contributed by atoms with Crippen LogP contribution in [0.2, 0.25) is 0 Å². The van der Waals surface area contributed by atoms with E-state index in [9.17, 15) is 8.42 Å². The molecule has 1 aliphatic rings. The van der Waals surface area contributed by atoms with Crippen LogP contribution in [0.5, 0.6) is 0 Å². The van der Waals surface area contributed by atoms with E-state index in [2.05, 4.69) is 0 Å². The third kappa shape index (κ3) is 3.74. The third-order valence-electron chi connectivity index (χ3n) is 3.46. The minimum Gasteiger partial charge on any atom is -0.379 e. The molecule has 0 saturated carbocycles. The molecule has 6 nitrogen and oxygen atoms in total. The fraction of sp³-hybridized carbons (Fsp3) is 0.571. The molecule has 0 aromatic heterocycles. The van der Waals surface area contributed by atoms with Crippen molar-refractivity contribution in [3.63, 3.8) is 0 Å². The molecule has 2 N–H and O–H groups in total. The molecule has 21 heavy (non-hydrogen) atoms. The van der Waals surface area contributed by atoms with Gasteiger partial charge in [-0.1, -0.05) is 19.1 Å². The molecule has 0 spiro atoms. The van der Waals surface area contributed by atoms with Gasteiger partial charge in [0.25, 0.3) is 0 Å². The largest absolute Gasteiger partial charge is 0.379 e. The smallest absolute Gasteiger partial charge is 0.304 e. The first kappa shape index (κ1) is 16.2. The topological polar surface area (TPSA) is 75.9 Å². The summed E-state index contributed by atoms with van der Waals surface area (Å²) in [5.41, 5.74) is 7.25. The quantitative estimate of drug-likeness (QED) is 0.848. The van der Waals surface area contributed by atoms with Crippen LogP contribution in [0.25, 0.3) is 0 Å². The van der Waals surface area contributed by atoms with Crippen LogP contribution in [0.3, 0.4) is 0 Å². The third-order valence-corrected chi connectivity index (χ3v) is 5.43. The zero-order valence-electron chi connectivity index (χ0n) is 12.4. The highest BCUT2D eigenvalue weighted by Crippen LogP contribution is 2.22. The molecule has 0 aliphatic carbocycles. The number of nitrogens with zero attached hydrogens (tertiary/aromatic N) is 2. The van der Waals surface area contributed by atoms with E-state index in [0.29, 0.717) is 45.1 Å². The van der Waals surface area contributed by atoms with Gasteiger partial charge in [-0.15, -0.1) is 0 Å². The molecule has 0 amide bonds. The Morgan fingerprint density at radius 1 is 1.24 bits per heavy atom. The number of benzene rings is 1. The molecular formula is C14H23N3O3S. The van der Waals surface area contributed by atoms with Crippen LogP contribution < -0.4 is 10.0 Å². The summed E-state index contributed by atoms with van der Waals surface area (Å²) in [7, 11) is -3.50. The van der Waals surface area contributed by atoms with Gasteiger partial charge in [-0.3, -0.25) is 4.31 Å². The van der Waals surface area contributed by atoms with E-state index in [1.165, 1.54) is 8.61 Å². The maximum Gasteiger partial charge on any atom is 0.304 e. The monoisotopic (exact) mass is 313 g/mol. The van der Waals surface area contributed by atoms with Crippen LogP contribution in [0, 0.1) is 0 Å². The van der Waals surface area contributed by atoms with E-state index in [-0.39, 0.29) is 0 Å². The first-order valence-corrected chi connectivity index (χ1v) is 8.64. The zero-order valence-corrected chi connectivity index (χ0v) is 13.2. The summed E-state index contributed by atoms with van der Waals surface area (Å²) < 4.78 is 33.8. The fourth-order valence-electron chi connectivity index (χ4n) is 2.30. The summed E-state index contributed by atoms with van der Waals surface area (Å²) in [6, 6.07) is 7.37. The second kappa shape index (κ2) is 7.22. The molecule has 1 heterocycles. The zero-order chi connectivity index (χ0) is 15.3. The molecule has 1 aliphatic heterocycles. The van der Waals surface area contributed by atoms with Crippen molar-refractivity contribution in [2.45, 2.75) is 19.9 Å². The minimum absolute atomic E-state index is 0.406. The van der Waals surface area contributed by atoms with Gasteiger partial charge in [0, 0.05) is 26.2 Å². The van der Waals surface area contributed by atoms with Crippen molar-refractivity contribution in [2.75, 3.05) is 37.2 Å². The molecule has 0 bridgehead atoms. The maximum absolute atomic E-state index is 12.8. The van der Waals surface area contributed by atoms with E-state index in [1.54, 1.807) is 0 Å². The van der Waals surface area contributed by atoms with Gasteiger partial charge in [0.05, 0.1) is 18.9 Å². The predicted molar refractivity (Wildman–Crippen MR) is 83.3 cm³/mol. The molecular weight excluding hydrogens is 290 g/mol. The normalized spacial score (nSPS) is 16.9. The summed E-state index contributed by atoms with van der Waals surface area (Å²) in [6.07, 6.45) is 0.752. The first-order chi connectivity index (χ1) is 10.1. The highest BCUT2D eigenvalue weighted by molar-refractivity contribution is 7.90. The Bertz CT molecular complexity index is 539. The summed E-state index contributed by atoms with van der Waals surface area (Å²) in [6.45, 7) is 4.59. The number of morpholine rings is 1. The van der Waals surface area contributed by atoms with Gasteiger partial charge < -0.3 is 10.5 Å². The SMILES string of the molecule is CCCN(c1ccc(CN)cc1)S(=O)(=O)N1CCOCC1. The van der Waals surface area contributed by atoms with Gasteiger partial charge in [-0.25, -0.2) is 0 Å². The van der Waals surface area contributed by atoms with Crippen molar-refractivity contribution in [2.24, 2.45) is 5.73 Å². The van der Waals surface area contributed by atoms with Gasteiger partial charge >= 0.3 is 10.2 Å². The lowest BCUT2D eigenvalue weighted by Crippen LogP contribution is -2.49. The van der Waals surface area contributed by atoms with E-state index in [1.807, 2.05) is 31.2 Å². The number of hydrogen-bond acceptors (Lipinski definition) is 4. The van der Waals surface area contributed by atoms with Gasteiger partial charge in [-0.2, -0.15) is 12.7 Å². The van der Waals surface area contributed by atoms with Crippen molar-refractivity contribution in [3.05, 3.63) is 29.8 Å². The number of nitrogens with two attached hydrogens (primary N) is 1. The van der Waals surface area contributed by atoms with Gasteiger partial charge in [0.15, 0.2) is 0 Å². The van der Waals surface area contributed by atoms with E-state index < -0.39 is 10.2 Å². The van der Waals surface area contributed by atoms with Gasteiger partial charge in [-0.05, 0) is 24.1 Å². The average molecular weight is 313 g/mol. The molecule has 1 fully saturated rings. The lowest BCUT2D eigenvalue weighted by molar-refractivity contribution is 0.0729. The molecule has 118 valence electrons. The Labute approximate surface area is 126 Å². The Kier molecular flexibility index (Phi) is 5.58. The van der Waals surface area contributed by atoms with Gasteiger partial charge in [0.2, 0.25) is 0 Å². The highest BCUT2D eigenvalue weighted by Gasteiger charge is 2.30. The Morgan fingerprint density at radius 2 is 1.86 bits per heavy atom. The molecule has 0 radical (unpaired) electrons. The minimum atomic E-state index is -3.50. The number of ether oxygens (including phenoxy) is 1. The molecule has 0 atom stereocenters. The van der Waals surface area contributed by atoms with E-state index in [4.69, 9.17) is 10.5 Å². The fourth-order valence-corrected chi connectivity index (χ4v) is 3.99. The van der Waals surface area contributed by atoms with Crippen LogP contribution in [0.1, 0.15) is 18.9 Å². The second-order valence-electron chi connectivity index (χ2n) is 4.96. The van der Waals surface area contributed by atoms with E-state index >= 15 is 0 Å².